The van der Waals surface area contributed by atoms with Crippen LogP contribution in [0.1, 0.15) is 36.5 Å². The molecule has 0 radical (unpaired) electrons. The molecular weight excluding hydrogens is 340 g/mol. The Labute approximate surface area is 142 Å². The molecule has 0 atom stereocenters. The van der Waals surface area contributed by atoms with E-state index in [1.54, 1.807) is 5.56 Å². The third-order valence-corrected chi connectivity index (χ3v) is 5.73. The van der Waals surface area contributed by atoms with Crippen LogP contribution < -0.4 is 0 Å². The van der Waals surface area contributed by atoms with Gasteiger partial charge in [0.25, 0.3) is 0 Å². The van der Waals surface area contributed by atoms with Crippen LogP contribution >= 0.6 is 15.9 Å². The number of likely N-dealkylation sites (tertiary alicyclic amines) is 1. The molecule has 1 aromatic carbocycles. The number of halogens is 1. The number of fused-ring (bicyclic) bond motifs is 1. The van der Waals surface area contributed by atoms with Crippen molar-refractivity contribution in [2.75, 3.05) is 32.7 Å². The fourth-order valence-corrected chi connectivity index (χ4v) is 4.28. The molecule has 0 unspecified atom stereocenters. The zero-order valence-electron chi connectivity index (χ0n) is 13.7. The first-order chi connectivity index (χ1) is 10.4. The lowest BCUT2D eigenvalue weighted by atomic mass is 9.93. The minimum atomic E-state index is -0.440. The molecular formula is C18H27BrN2O. The number of piperidine rings is 1. The maximum Gasteiger partial charge on any atom is 0.0644 e. The lowest BCUT2D eigenvalue weighted by Gasteiger charge is -2.37. The van der Waals surface area contributed by atoms with Crippen LogP contribution in [-0.2, 0) is 13.0 Å². The van der Waals surface area contributed by atoms with Crippen molar-refractivity contribution >= 4 is 15.9 Å². The summed E-state index contributed by atoms with van der Waals surface area (Å²) in [4.78, 5) is 5.07. The predicted molar refractivity (Wildman–Crippen MR) is 94.2 cm³/mol. The van der Waals surface area contributed by atoms with Gasteiger partial charge < -0.3 is 10.0 Å². The van der Waals surface area contributed by atoms with Gasteiger partial charge in [-0.25, -0.2) is 0 Å². The van der Waals surface area contributed by atoms with Crippen molar-refractivity contribution in [3.63, 3.8) is 0 Å². The van der Waals surface area contributed by atoms with Crippen molar-refractivity contribution in [1.29, 1.82) is 0 Å². The zero-order chi connectivity index (χ0) is 15.7. The van der Waals surface area contributed by atoms with Crippen molar-refractivity contribution in [1.82, 2.24) is 9.80 Å². The summed E-state index contributed by atoms with van der Waals surface area (Å²) in [6.45, 7) is 10.7. The molecule has 0 aliphatic carbocycles. The van der Waals surface area contributed by atoms with Gasteiger partial charge in [0.2, 0.25) is 0 Å². The van der Waals surface area contributed by atoms with E-state index in [2.05, 4.69) is 44.8 Å². The molecule has 3 rings (SSSR count). The first-order valence-corrected chi connectivity index (χ1v) is 9.17. The van der Waals surface area contributed by atoms with Gasteiger partial charge in [0.1, 0.15) is 0 Å². The molecule has 1 aromatic rings. The SMILES string of the molecule is Cc1cc(Br)cc2c1CCN(CCN1CCC(C)(O)CC1)C2. The van der Waals surface area contributed by atoms with Gasteiger partial charge in [-0.05, 0) is 61.9 Å². The molecule has 1 fully saturated rings. The zero-order valence-corrected chi connectivity index (χ0v) is 15.3. The Balaban J connectivity index is 1.53. The van der Waals surface area contributed by atoms with Crippen LogP contribution in [0.5, 0.6) is 0 Å². The van der Waals surface area contributed by atoms with E-state index in [1.807, 2.05) is 6.92 Å². The van der Waals surface area contributed by atoms with E-state index < -0.39 is 5.60 Å². The number of hydrogen-bond donors (Lipinski definition) is 1. The summed E-state index contributed by atoms with van der Waals surface area (Å²) >= 11 is 3.62. The van der Waals surface area contributed by atoms with Gasteiger partial charge >= 0.3 is 0 Å². The van der Waals surface area contributed by atoms with E-state index in [-0.39, 0.29) is 0 Å². The van der Waals surface area contributed by atoms with Crippen LogP contribution in [0.3, 0.4) is 0 Å². The van der Waals surface area contributed by atoms with E-state index in [0.717, 1.165) is 45.6 Å². The van der Waals surface area contributed by atoms with Gasteiger partial charge in [-0.1, -0.05) is 15.9 Å². The number of aryl methyl sites for hydroxylation is 1. The second-order valence-corrected chi connectivity index (χ2v) is 8.14. The molecule has 2 heterocycles. The molecule has 1 saturated heterocycles. The average molecular weight is 367 g/mol. The molecule has 122 valence electrons. The maximum absolute atomic E-state index is 10.0. The minimum Gasteiger partial charge on any atom is -0.390 e. The second kappa shape index (κ2) is 6.60. The summed E-state index contributed by atoms with van der Waals surface area (Å²) in [5.41, 5.74) is 4.01. The second-order valence-electron chi connectivity index (χ2n) is 7.23. The molecule has 22 heavy (non-hydrogen) atoms. The fourth-order valence-electron chi connectivity index (χ4n) is 3.66. The van der Waals surface area contributed by atoms with Crippen molar-refractivity contribution in [3.8, 4) is 0 Å². The lowest BCUT2D eigenvalue weighted by molar-refractivity contribution is -0.00729. The maximum atomic E-state index is 10.0. The van der Waals surface area contributed by atoms with Gasteiger partial charge in [0.05, 0.1) is 5.60 Å². The number of rotatable bonds is 3. The van der Waals surface area contributed by atoms with E-state index in [9.17, 15) is 5.11 Å². The van der Waals surface area contributed by atoms with Gasteiger partial charge in [0, 0.05) is 43.7 Å². The molecule has 1 N–H and O–H groups in total. The standard InChI is InChI=1S/C18H27BrN2O/c1-14-11-16(19)12-15-13-21(6-3-17(14)15)10-9-20-7-4-18(2,22)5-8-20/h11-12,22H,3-10,13H2,1-2H3. The van der Waals surface area contributed by atoms with E-state index in [4.69, 9.17) is 0 Å². The molecule has 2 aliphatic heterocycles. The number of hydrogen-bond acceptors (Lipinski definition) is 3. The Bertz CT molecular complexity index is 534. The number of nitrogens with zero attached hydrogens (tertiary/aromatic N) is 2. The molecule has 0 bridgehead atoms. The molecule has 0 amide bonds. The summed E-state index contributed by atoms with van der Waals surface area (Å²) in [7, 11) is 0. The third kappa shape index (κ3) is 3.91. The van der Waals surface area contributed by atoms with E-state index in [1.165, 1.54) is 28.6 Å². The first kappa shape index (κ1) is 16.4. The van der Waals surface area contributed by atoms with Gasteiger partial charge in [0.15, 0.2) is 0 Å². The lowest BCUT2D eigenvalue weighted by Crippen LogP contribution is -2.45. The highest BCUT2D eigenvalue weighted by Crippen LogP contribution is 2.26. The van der Waals surface area contributed by atoms with Crippen LogP contribution in [0.2, 0.25) is 0 Å². The van der Waals surface area contributed by atoms with E-state index >= 15 is 0 Å². The largest absolute Gasteiger partial charge is 0.390 e. The molecule has 0 aromatic heterocycles. The highest BCUT2D eigenvalue weighted by Gasteiger charge is 2.27. The highest BCUT2D eigenvalue weighted by atomic mass is 79.9. The Hall–Kier alpha value is -0.420. The quantitative estimate of drug-likeness (QED) is 0.890. The van der Waals surface area contributed by atoms with E-state index in [0.29, 0.717) is 0 Å². The van der Waals surface area contributed by atoms with Crippen molar-refractivity contribution in [2.24, 2.45) is 0 Å². The van der Waals surface area contributed by atoms with Crippen LogP contribution in [0, 0.1) is 6.92 Å². The Morgan fingerprint density at radius 3 is 2.55 bits per heavy atom. The van der Waals surface area contributed by atoms with Crippen molar-refractivity contribution < 1.29 is 5.11 Å². The van der Waals surface area contributed by atoms with Gasteiger partial charge in [-0.2, -0.15) is 0 Å². The van der Waals surface area contributed by atoms with Crippen molar-refractivity contribution in [2.45, 2.75) is 45.3 Å². The smallest absolute Gasteiger partial charge is 0.0644 e. The molecule has 2 aliphatic rings. The first-order valence-electron chi connectivity index (χ1n) is 8.38. The average Bonchev–Trinajstić information content (AvgIpc) is 2.45. The summed E-state index contributed by atoms with van der Waals surface area (Å²) in [6, 6.07) is 4.51. The highest BCUT2D eigenvalue weighted by molar-refractivity contribution is 9.10. The minimum absolute atomic E-state index is 0.440. The Kier molecular flexibility index (Phi) is 4.93. The Morgan fingerprint density at radius 1 is 1.14 bits per heavy atom. The fraction of sp³-hybridized carbons (Fsp3) is 0.667. The molecule has 0 spiro atoms. The summed E-state index contributed by atoms with van der Waals surface area (Å²) in [5, 5.41) is 10.0. The summed E-state index contributed by atoms with van der Waals surface area (Å²) in [6.07, 6.45) is 2.98. The number of aliphatic hydroxyl groups is 1. The van der Waals surface area contributed by atoms with Crippen LogP contribution in [0.15, 0.2) is 16.6 Å². The van der Waals surface area contributed by atoms with Crippen LogP contribution in [0.4, 0.5) is 0 Å². The third-order valence-electron chi connectivity index (χ3n) is 5.27. The van der Waals surface area contributed by atoms with Crippen molar-refractivity contribution in [3.05, 3.63) is 33.3 Å². The van der Waals surface area contributed by atoms with Gasteiger partial charge in [-0.3, -0.25) is 4.90 Å². The van der Waals surface area contributed by atoms with Gasteiger partial charge in [-0.15, -0.1) is 0 Å². The number of benzene rings is 1. The summed E-state index contributed by atoms with van der Waals surface area (Å²) < 4.78 is 1.20. The molecule has 3 nitrogen and oxygen atoms in total. The van der Waals surface area contributed by atoms with Crippen LogP contribution in [-0.4, -0.2) is 53.2 Å². The van der Waals surface area contributed by atoms with Crippen LogP contribution in [0.25, 0.3) is 0 Å². The molecule has 0 saturated carbocycles. The normalized spacial score (nSPS) is 22.5. The molecule has 4 heteroatoms. The summed E-state index contributed by atoms with van der Waals surface area (Å²) in [5.74, 6) is 0. The Morgan fingerprint density at radius 2 is 1.82 bits per heavy atom. The topological polar surface area (TPSA) is 26.7 Å². The monoisotopic (exact) mass is 366 g/mol. The predicted octanol–water partition coefficient (Wildman–Crippen LogP) is 2.96.